The van der Waals surface area contributed by atoms with E-state index in [1.54, 1.807) is 0 Å². The summed E-state index contributed by atoms with van der Waals surface area (Å²) in [4.78, 5) is 15.6. The molecule has 2 heterocycles. The Kier molecular flexibility index (Phi) is 11.6. The second kappa shape index (κ2) is 12.2. The van der Waals surface area contributed by atoms with Crippen molar-refractivity contribution in [2.24, 2.45) is 5.92 Å². The van der Waals surface area contributed by atoms with Crippen molar-refractivity contribution in [3.8, 4) is 5.88 Å². The number of aromatic nitrogens is 1. The highest BCUT2D eigenvalue weighted by Crippen LogP contribution is 2.24. The molecule has 11 heteroatoms. The van der Waals surface area contributed by atoms with Gasteiger partial charge in [0.25, 0.3) is 0 Å². The SMILES string of the molecule is Cl.Cl.O=C(CCC1CCNCC1)Nc1ccc(OCC(F)(F)C(F)F)nc1. The maximum Gasteiger partial charge on any atom is 0.340 e. The molecule has 1 aliphatic heterocycles. The number of ether oxygens (including phenoxy) is 1. The zero-order valence-corrected chi connectivity index (χ0v) is 16.1. The van der Waals surface area contributed by atoms with Gasteiger partial charge >= 0.3 is 12.3 Å². The molecule has 1 aliphatic rings. The molecular formula is C16H23Cl2F4N3O2. The second-order valence-corrected chi connectivity index (χ2v) is 6.02. The molecule has 0 saturated carbocycles. The summed E-state index contributed by atoms with van der Waals surface area (Å²) in [7, 11) is 0. The molecule has 1 amide bonds. The quantitative estimate of drug-likeness (QED) is 0.607. The predicted octanol–water partition coefficient (Wildman–Crippen LogP) is 3.92. The first-order chi connectivity index (χ1) is 11.9. The zero-order chi connectivity index (χ0) is 18.3. The number of nitrogens with zero attached hydrogens (tertiary/aromatic N) is 1. The number of nitrogens with one attached hydrogen (secondary N) is 2. The summed E-state index contributed by atoms with van der Waals surface area (Å²) in [6.07, 6.45) is 0.756. The molecular weight excluding hydrogens is 413 g/mol. The lowest BCUT2D eigenvalue weighted by atomic mass is 9.93. The minimum absolute atomic E-state index is 0. The number of anilines is 1. The Balaban J connectivity index is 0.00000338. The number of hydrogen-bond donors (Lipinski definition) is 2. The molecule has 156 valence electrons. The monoisotopic (exact) mass is 435 g/mol. The highest BCUT2D eigenvalue weighted by atomic mass is 35.5. The van der Waals surface area contributed by atoms with Gasteiger partial charge in [0.05, 0.1) is 11.9 Å². The maximum absolute atomic E-state index is 12.8. The lowest BCUT2D eigenvalue weighted by Crippen LogP contribution is -2.33. The van der Waals surface area contributed by atoms with Crippen LogP contribution in [0.2, 0.25) is 0 Å². The van der Waals surface area contributed by atoms with Crippen molar-refractivity contribution in [3.63, 3.8) is 0 Å². The second-order valence-electron chi connectivity index (χ2n) is 6.02. The molecule has 0 bridgehead atoms. The normalized spacial score (nSPS) is 14.9. The fourth-order valence-corrected chi connectivity index (χ4v) is 2.50. The third-order valence-electron chi connectivity index (χ3n) is 3.99. The lowest BCUT2D eigenvalue weighted by molar-refractivity contribution is -0.148. The van der Waals surface area contributed by atoms with Crippen molar-refractivity contribution < 1.29 is 27.1 Å². The smallest absolute Gasteiger partial charge is 0.340 e. The number of hydrogen-bond acceptors (Lipinski definition) is 4. The number of halogens is 6. The Morgan fingerprint density at radius 2 is 1.96 bits per heavy atom. The van der Waals surface area contributed by atoms with Gasteiger partial charge in [-0.15, -0.1) is 24.8 Å². The number of amides is 1. The summed E-state index contributed by atoms with van der Waals surface area (Å²) < 4.78 is 54.1. The van der Waals surface area contributed by atoms with E-state index >= 15 is 0 Å². The first-order valence-corrected chi connectivity index (χ1v) is 8.12. The Hall–Kier alpha value is -1.32. The van der Waals surface area contributed by atoms with Crippen molar-refractivity contribution in [2.45, 2.75) is 38.0 Å². The third kappa shape index (κ3) is 8.94. The van der Waals surface area contributed by atoms with Crippen molar-refractivity contribution in [3.05, 3.63) is 18.3 Å². The van der Waals surface area contributed by atoms with E-state index in [0.29, 0.717) is 18.0 Å². The van der Waals surface area contributed by atoms with E-state index in [-0.39, 0.29) is 36.6 Å². The minimum Gasteiger partial charge on any atom is -0.471 e. The predicted molar refractivity (Wildman–Crippen MR) is 98.6 cm³/mol. The number of carbonyl (C=O) groups excluding carboxylic acids is 1. The van der Waals surface area contributed by atoms with Crippen LogP contribution in [0.25, 0.3) is 0 Å². The molecule has 27 heavy (non-hydrogen) atoms. The number of pyridine rings is 1. The van der Waals surface area contributed by atoms with Crippen molar-refractivity contribution in [1.29, 1.82) is 0 Å². The van der Waals surface area contributed by atoms with E-state index in [1.165, 1.54) is 18.3 Å². The molecule has 2 rings (SSSR count). The molecule has 1 fully saturated rings. The average molecular weight is 436 g/mol. The molecule has 0 spiro atoms. The van der Waals surface area contributed by atoms with Gasteiger partial charge in [0.15, 0.2) is 6.61 Å². The fraction of sp³-hybridized carbons (Fsp3) is 0.625. The van der Waals surface area contributed by atoms with Crippen LogP contribution in [0.4, 0.5) is 23.2 Å². The van der Waals surface area contributed by atoms with Gasteiger partial charge in [-0.25, -0.2) is 13.8 Å². The molecule has 5 nitrogen and oxygen atoms in total. The number of alkyl halides is 4. The summed E-state index contributed by atoms with van der Waals surface area (Å²) in [6.45, 7) is 0.490. The van der Waals surface area contributed by atoms with Crippen LogP contribution in [0.1, 0.15) is 25.7 Å². The highest BCUT2D eigenvalue weighted by Gasteiger charge is 2.41. The first-order valence-electron chi connectivity index (χ1n) is 8.12. The van der Waals surface area contributed by atoms with Crippen LogP contribution in [0.15, 0.2) is 18.3 Å². The van der Waals surface area contributed by atoms with Gasteiger partial charge < -0.3 is 15.4 Å². The van der Waals surface area contributed by atoms with Crippen LogP contribution in [0.3, 0.4) is 0 Å². The first kappa shape index (κ1) is 25.7. The van der Waals surface area contributed by atoms with E-state index in [0.717, 1.165) is 32.4 Å². The van der Waals surface area contributed by atoms with Crippen LogP contribution in [0.5, 0.6) is 5.88 Å². The summed E-state index contributed by atoms with van der Waals surface area (Å²) in [5.74, 6) is -4.06. The topological polar surface area (TPSA) is 63.2 Å². The molecule has 1 aromatic rings. The van der Waals surface area contributed by atoms with E-state index < -0.39 is 19.0 Å². The minimum atomic E-state index is -4.23. The van der Waals surface area contributed by atoms with E-state index in [9.17, 15) is 22.4 Å². The third-order valence-corrected chi connectivity index (χ3v) is 3.99. The Labute approximate surface area is 167 Å². The maximum atomic E-state index is 12.8. The van der Waals surface area contributed by atoms with Crippen LogP contribution in [0, 0.1) is 5.92 Å². The summed E-state index contributed by atoms with van der Waals surface area (Å²) in [5, 5.41) is 5.92. The molecule has 1 saturated heterocycles. The summed E-state index contributed by atoms with van der Waals surface area (Å²) >= 11 is 0. The standard InChI is InChI=1S/C16H21F4N3O2.2ClH/c17-15(18)16(19,20)10-25-14-4-2-12(9-22-14)23-13(24)3-1-11-5-7-21-8-6-11;;/h2,4,9,11,15,21H,1,3,5-8,10H2,(H,23,24);2*1H. The highest BCUT2D eigenvalue weighted by molar-refractivity contribution is 5.90. The van der Waals surface area contributed by atoms with Gasteiger partial charge in [0, 0.05) is 12.5 Å². The number of carbonyl (C=O) groups is 1. The zero-order valence-electron chi connectivity index (χ0n) is 14.4. The average Bonchev–Trinajstić information content (AvgIpc) is 2.60. The molecule has 0 atom stereocenters. The van der Waals surface area contributed by atoms with E-state index in [2.05, 4.69) is 20.4 Å². The van der Waals surface area contributed by atoms with E-state index in [1.807, 2.05) is 0 Å². The fourth-order valence-electron chi connectivity index (χ4n) is 2.50. The summed E-state index contributed by atoms with van der Waals surface area (Å²) in [5.41, 5.74) is 0.392. The number of piperidine rings is 1. The van der Waals surface area contributed by atoms with E-state index in [4.69, 9.17) is 0 Å². The van der Waals surface area contributed by atoms with Crippen molar-refractivity contribution in [2.75, 3.05) is 25.0 Å². The molecule has 0 unspecified atom stereocenters. The lowest BCUT2D eigenvalue weighted by Gasteiger charge is -2.22. The molecule has 0 aliphatic carbocycles. The Morgan fingerprint density at radius 3 is 2.52 bits per heavy atom. The van der Waals surface area contributed by atoms with Crippen molar-refractivity contribution >= 4 is 36.4 Å². The van der Waals surface area contributed by atoms with Gasteiger partial charge in [0.1, 0.15) is 0 Å². The van der Waals surface area contributed by atoms with Gasteiger partial charge in [-0.2, -0.15) is 8.78 Å². The van der Waals surface area contributed by atoms with Crippen LogP contribution >= 0.6 is 24.8 Å². The largest absolute Gasteiger partial charge is 0.471 e. The number of rotatable bonds is 8. The van der Waals surface area contributed by atoms with Crippen LogP contribution < -0.4 is 15.4 Å². The summed E-state index contributed by atoms with van der Waals surface area (Å²) in [6, 6.07) is 2.66. The van der Waals surface area contributed by atoms with Crippen LogP contribution in [-0.4, -0.2) is 42.9 Å². The Bertz CT molecular complexity index is 559. The Morgan fingerprint density at radius 1 is 1.30 bits per heavy atom. The van der Waals surface area contributed by atoms with Gasteiger partial charge in [-0.1, -0.05) is 0 Å². The van der Waals surface area contributed by atoms with Gasteiger partial charge in [0.2, 0.25) is 11.8 Å². The van der Waals surface area contributed by atoms with Gasteiger partial charge in [-0.3, -0.25) is 4.79 Å². The van der Waals surface area contributed by atoms with Crippen molar-refractivity contribution in [1.82, 2.24) is 10.3 Å². The van der Waals surface area contributed by atoms with Crippen LogP contribution in [-0.2, 0) is 4.79 Å². The molecule has 1 aromatic heterocycles. The molecule has 2 N–H and O–H groups in total. The molecule has 0 aromatic carbocycles. The molecule has 0 radical (unpaired) electrons. The van der Waals surface area contributed by atoms with Gasteiger partial charge in [-0.05, 0) is 44.3 Å².